The maximum atomic E-state index is 11.3. The highest BCUT2D eigenvalue weighted by atomic mass is 32.2. The summed E-state index contributed by atoms with van der Waals surface area (Å²) in [6.45, 7) is 2.14. The van der Waals surface area contributed by atoms with E-state index in [1.807, 2.05) is 0 Å². The molecule has 0 amide bonds. The van der Waals surface area contributed by atoms with E-state index in [-0.39, 0.29) is 6.04 Å². The molecule has 0 radical (unpaired) electrons. The van der Waals surface area contributed by atoms with Crippen molar-refractivity contribution in [2.45, 2.75) is 18.9 Å². The summed E-state index contributed by atoms with van der Waals surface area (Å²) in [4.78, 5) is 0. The standard InChI is InChI=1S/C9H18N2O2S/c1-11(14(2,12)13)9-3-7-5-10-6-8(7)4-9/h7-10H,3-6H2,1-2H3. The van der Waals surface area contributed by atoms with Gasteiger partial charge in [-0.2, -0.15) is 0 Å². The van der Waals surface area contributed by atoms with Crippen LogP contribution in [0.2, 0.25) is 0 Å². The van der Waals surface area contributed by atoms with Crippen molar-refractivity contribution in [3.8, 4) is 0 Å². The lowest BCUT2D eigenvalue weighted by molar-refractivity contribution is 0.358. The number of hydrogen-bond acceptors (Lipinski definition) is 3. The number of sulfonamides is 1. The first-order valence-corrected chi connectivity index (χ1v) is 6.97. The van der Waals surface area contributed by atoms with Crippen LogP contribution < -0.4 is 5.32 Å². The fraction of sp³-hybridized carbons (Fsp3) is 1.00. The minimum atomic E-state index is -3.00. The highest BCUT2D eigenvalue weighted by Gasteiger charge is 2.40. The minimum Gasteiger partial charge on any atom is -0.316 e. The second-order valence-electron chi connectivity index (χ2n) is 4.58. The molecule has 1 saturated heterocycles. The lowest BCUT2D eigenvalue weighted by Gasteiger charge is -2.22. The Morgan fingerprint density at radius 2 is 1.71 bits per heavy atom. The first-order chi connectivity index (χ1) is 6.48. The molecule has 0 aromatic rings. The molecule has 2 rings (SSSR count). The van der Waals surface area contributed by atoms with E-state index in [2.05, 4.69) is 5.32 Å². The van der Waals surface area contributed by atoms with Gasteiger partial charge in [0.2, 0.25) is 10.0 Å². The summed E-state index contributed by atoms with van der Waals surface area (Å²) in [5.41, 5.74) is 0. The summed E-state index contributed by atoms with van der Waals surface area (Å²) in [6, 6.07) is 0.238. The third-order valence-corrected chi connectivity index (χ3v) is 5.01. The molecule has 4 nitrogen and oxygen atoms in total. The Hall–Kier alpha value is -0.130. The Bertz CT molecular complexity index is 303. The van der Waals surface area contributed by atoms with Crippen LogP contribution >= 0.6 is 0 Å². The Morgan fingerprint density at radius 1 is 1.21 bits per heavy atom. The number of rotatable bonds is 2. The van der Waals surface area contributed by atoms with Crippen molar-refractivity contribution in [3.63, 3.8) is 0 Å². The zero-order chi connectivity index (χ0) is 10.3. The second-order valence-corrected chi connectivity index (χ2v) is 6.62. The van der Waals surface area contributed by atoms with Gasteiger partial charge in [0.1, 0.15) is 0 Å². The maximum absolute atomic E-state index is 11.3. The summed E-state index contributed by atoms with van der Waals surface area (Å²) in [7, 11) is -1.30. The van der Waals surface area contributed by atoms with Gasteiger partial charge in [0, 0.05) is 13.1 Å². The van der Waals surface area contributed by atoms with Crippen LogP contribution in [0.4, 0.5) is 0 Å². The molecule has 2 unspecified atom stereocenters. The molecule has 1 heterocycles. The van der Waals surface area contributed by atoms with Crippen LogP contribution in [-0.4, -0.2) is 45.2 Å². The van der Waals surface area contributed by atoms with E-state index in [9.17, 15) is 8.42 Å². The van der Waals surface area contributed by atoms with Crippen LogP contribution in [0.25, 0.3) is 0 Å². The van der Waals surface area contributed by atoms with Gasteiger partial charge in [-0.15, -0.1) is 0 Å². The number of nitrogens with one attached hydrogen (secondary N) is 1. The summed E-state index contributed by atoms with van der Waals surface area (Å²) in [6.07, 6.45) is 3.35. The van der Waals surface area contributed by atoms with Crippen molar-refractivity contribution >= 4 is 10.0 Å². The molecule has 82 valence electrons. The third kappa shape index (κ3) is 1.81. The Kier molecular flexibility index (Phi) is 2.57. The van der Waals surface area contributed by atoms with E-state index < -0.39 is 10.0 Å². The Labute approximate surface area is 85.7 Å². The zero-order valence-electron chi connectivity index (χ0n) is 8.73. The quantitative estimate of drug-likeness (QED) is 0.703. The smallest absolute Gasteiger partial charge is 0.211 e. The first kappa shape index (κ1) is 10.4. The predicted octanol–water partition coefficient (Wildman–Crippen LogP) is -0.124. The number of nitrogens with zero attached hydrogens (tertiary/aromatic N) is 1. The summed E-state index contributed by atoms with van der Waals surface area (Å²) in [5.74, 6) is 1.40. The van der Waals surface area contributed by atoms with E-state index >= 15 is 0 Å². The zero-order valence-corrected chi connectivity index (χ0v) is 9.55. The van der Waals surface area contributed by atoms with E-state index in [4.69, 9.17) is 0 Å². The van der Waals surface area contributed by atoms with Crippen molar-refractivity contribution in [1.82, 2.24) is 9.62 Å². The normalized spacial score (nSPS) is 37.8. The lowest BCUT2D eigenvalue weighted by atomic mass is 10.0. The molecule has 1 saturated carbocycles. The molecule has 5 heteroatoms. The topological polar surface area (TPSA) is 49.4 Å². The molecule has 1 aliphatic heterocycles. The first-order valence-electron chi connectivity index (χ1n) is 5.12. The molecule has 1 aliphatic carbocycles. The highest BCUT2D eigenvalue weighted by molar-refractivity contribution is 7.88. The van der Waals surface area contributed by atoms with Crippen molar-refractivity contribution < 1.29 is 8.42 Å². The largest absolute Gasteiger partial charge is 0.316 e. The lowest BCUT2D eigenvalue weighted by Crippen LogP contribution is -2.35. The second kappa shape index (κ2) is 3.47. The van der Waals surface area contributed by atoms with Crippen molar-refractivity contribution in [3.05, 3.63) is 0 Å². The molecule has 0 aromatic carbocycles. The van der Waals surface area contributed by atoms with E-state index in [0.717, 1.165) is 25.9 Å². The molecule has 0 bridgehead atoms. The molecule has 14 heavy (non-hydrogen) atoms. The monoisotopic (exact) mass is 218 g/mol. The maximum Gasteiger partial charge on any atom is 0.211 e. The van der Waals surface area contributed by atoms with Crippen LogP contribution in [0, 0.1) is 11.8 Å². The van der Waals surface area contributed by atoms with Gasteiger partial charge >= 0.3 is 0 Å². The summed E-state index contributed by atoms with van der Waals surface area (Å²) >= 11 is 0. The average Bonchev–Trinajstić information content (AvgIpc) is 2.58. The molecule has 0 spiro atoms. The van der Waals surface area contributed by atoms with Gasteiger partial charge in [-0.05, 0) is 37.8 Å². The van der Waals surface area contributed by atoms with E-state index in [1.54, 1.807) is 11.4 Å². The predicted molar refractivity (Wildman–Crippen MR) is 55.5 cm³/mol. The third-order valence-electron chi connectivity index (χ3n) is 3.67. The van der Waals surface area contributed by atoms with E-state index in [0.29, 0.717) is 11.8 Å². The fourth-order valence-electron chi connectivity index (χ4n) is 2.70. The van der Waals surface area contributed by atoms with Gasteiger partial charge in [-0.1, -0.05) is 0 Å². The van der Waals surface area contributed by atoms with E-state index in [1.165, 1.54) is 6.26 Å². The van der Waals surface area contributed by atoms with Crippen molar-refractivity contribution in [2.75, 3.05) is 26.4 Å². The fourth-order valence-corrected chi connectivity index (χ4v) is 3.42. The molecular formula is C9H18N2O2S. The molecule has 0 aromatic heterocycles. The Balaban J connectivity index is 2.02. The molecule has 2 fully saturated rings. The van der Waals surface area contributed by atoms with Crippen LogP contribution in [0.3, 0.4) is 0 Å². The van der Waals surface area contributed by atoms with Crippen molar-refractivity contribution in [1.29, 1.82) is 0 Å². The van der Waals surface area contributed by atoms with Crippen LogP contribution in [0.1, 0.15) is 12.8 Å². The van der Waals surface area contributed by atoms with Gasteiger partial charge in [-0.3, -0.25) is 0 Å². The molecule has 1 N–H and O–H groups in total. The Morgan fingerprint density at radius 3 is 2.14 bits per heavy atom. The average molecular weight is 218 g/mol. The van der Waals surface area contributed by atoms with Gasteiger partial charge in [0.15, 0.2) is 0 Å². The number of fused-ring (bicyclic) bond motifs is 1. The van der Waals surface area contributed by atoms with Crippen LogP contribution in [-0.2, 0) is 10.0 Å². The minimum absolute atomic E-state index is 0.238. The number of hydrogen-bond donors (Lipinski definition) is 1. The van der Waals surface area contributed by atoms with Crippen molar-refractivity contribution in [2.24, 2.45) is 11.8 Å². The van der Waals surface area contributed by atoms with Gasteiger partial charge in [-0.25, -0.2) is 12.7 Å². The van der Waals surface area contributed by atoms with Gasteiger partial charge in [0.25, 0.3) is 0 Å². The van der Waals surface area contributed by atoms with Crippen LogP contribution in [0.15, 0.2) is 0 Å². The van der Waals surface area contributed by atoms with Crippen LogP contribution in [0.5, 0.6) is 0 Å². The molecule has 2 aliphatic rings. The molecular weight excluding hydrogens is 200 g/mol. The summed E-state index contributed by atoms with van der Waals surface area (Å²) < 4.78 is 24.2. The molecule has 2 atom stereocenters. The summed E-state index contributed by atoms with van der Waals surface area (Å²) in [5, 5.41) is 3.35. The highest BCUT2D eigenvalue weighted by Crippen LogP contribution is 2.37. The van der Waals surface area contributed by atoms with Gasteiger partial charge in [0.05, 0.1) is 6.26 Å². The van der Waals surface area contributed by atoms with Gasteiger partial charge < -0.3 is 5.32 Å². The SMILES string of the molecule is CN(C1CC2CNCC2C1)S(C)(=O)=O.